The third-order valence-corrected chi connectivity index (χ3v) is 0. The minimum Gasteiger partial charge on any atom is -0.254 e. The first kappa shape index (κ1) is 9.97. The van der Waals surface area contributed by atoms with Gasteiger partial charge < -0.3 is 0 Å². The van der Waals surface area contributed by atoms with Gasteiger partial charge in [0.05, 0.1) is 0 Å². The molecular weight excluding hydrogens is 104 g/mol. The van der Waals surface area contributed by atoms with Crippen LogP contribution in [-0.4, -0.2) is 7.54 Å². The first-order valence-electron chi connectivity index (χ1n) is 2.07. The minimum absolute atomic E-state index is 1.25. The third kappa shape index (κ3) is 4130. The smallest absolute Gasteiger partial charge is 0.254 e. The van der Waals surface area contributed by atoms with E-state index >= 15 is 0 Å². The average Bonchev–Trinajstić information content (AvgIpc) is 1.33. The van der Waals surface area contributed by atoms with Gasteiger partial charge >= 0.3 is 7.54 Å². The van der Waals surface area contributed by atoms with E-state index in [9.17, 15) is 12.9 Å². The maximum atomic E-state index is 9.67. The number of hydrogen-bond donors (Lipinski definition) is 0. The molecule has 4 heteroatoms. The van der Waals surface area contributed by atoms with Crippen LogP contribution in [0.25, 0.3) is 0 Å². The van der Waals surface area contributed by atoms with Crippen molar-refractivity contribution in [1.82, 2.24) is 0 Å². The van der Waals surface area contributed by atoms with E-state index in [4.69, 9.17) is 0 Å². The lowest BCUT2D eigenvalue weighted by atomic mass is 10.5. The standard InChI is InChI=1S/C3H8.BF3/c1-3-2;2-1(3)4/h3H2,1-2H3;. The molecule has 0 N–H and O–H groups in total. The molecule has 7 heavy (non-hydrogen) atoms. The normalized spacial score (nSPS) is 6.43. The summed E-state index contributed by atoms with van der Waals surface area (Å²) in [6.45, 7) is 4.25. The highest BCUT2D eigenvalue weighted by atomic mass is 19.4. The largest absolute Gasteiger partial charge is 0.762 e. The Labute approximate surface area is 41.9 Å². The molecule has 0 bridgehead atoms. The molecule has 0 unspecified atom stereocenters. The number of hydrogen-bond acceptors (Lipinski definition) is 0. The summed E-state index contributed by atoms with van der Waals surface area (Å²) in [7, 11) is -3.67. The van der Waals surface area contributed by atoms with Gasteiger partial charge in [0.2, 0.25) is 0 Å². The molecule has 0 fully saturated rings. The molecule has 0 aromatic heterocycles. The van der Waals surface area contributed by atoms with Gasteiger partial charge in [0.15, 0.2) is 0 Å². The first-order valence-corrected chi connectivity index (χ1v) is 2.07. The lowest BCUT2D eigenvalue weighted by Crippen LogP contribution is -1.76. The van der Waals surface area contributed by atoms with Crippen molar-refractivity contribution >= 4 is 7.54 Å². The summed E-state index contributed by atoms with van der Waals surface area (Å²) < 4.78 is 29.0. The topological polar surface area (TPSA) is 0 Å². The summed E-state index contributed by atoms with van der Waals surface area (Å²) in [5, 5.41) is 0. The van der Waals surface area contributed by atoms with Gasteiger partial charge in [-0.3, -0.25) is 12.9 Å². The SMILES string of the molecule is CCC.FB(F)F. The first-order chi connectivity index (χ1) is 3.15. The monoisotopic (exact) mass is 112 g/mol. The fourth-order valence-electron chi connectivity index (χ4n) is 0. The van der Waals surface area contributed by atoms with Crippen molar-refractivity contribution in [2.75, 3.05) is 0 Å². The van der Waals surface area contributed by atoms with Crippen molar-refractivity contribution in [1.29, 1.82) is 0 Å². The Bertz CT molecular complexity index is 21.4. The molecule has 0 atom stereocenters. The van der Waals surface area contributed by atoms with E-state index in [1.165, 1.54) is 6.42 Å². The van der Waals surface area contributed by atoms with Crippen molar-refractivity contribution in [2.24, 2.45) is 0 Å². The molecule has 0 radical (unpaired) electrons. The second-order valence-electron chi connectivity index (χ2n) is 0.955. The van der Waals surface area contributed by atoms with E-state index in [0.717, 1.165) is 0 Å². The Morgan fingerprint density at radius 2 is 1.14 bits per heavy atom. The van der Waals surface area contributed by atoms with E-state index < -0.39 is 7.54 Å². The lowest BCUT2D eigenvalue weighted by molar-refractivity contribution is 0.535. The Morgan fingerprint density at radius 1 is 1.14 bits per heavy atom. The van der Waals surface area contributed by atoms with Crippen LogP contribution in [0.4, 0.5) is 12.9 Å². The summed E-state index contributed by atoms with van der Waals surface area (Å²) in [5.41, 5.74) is 0. The quantitative estimate of drug-likeness (QED) is 0.421. The Kier molecular flexibility index (Phi) is 13.2. The van der Waals surface area contributed by atoms with E-state index in [-0.39, 0.29) is 0 Å². The number of halogens is 3. The molecule has 0 spiro atoms. The van der Waals surface area contributed by atoms with Gasteiger partial charge in [0.1, 0.15) is 0 Å². The Morgan fingerprint density at radius 3 is 1.14 bits per heavy atom. The fraction of sp³-hybridized carbons (Fsp3) is 1.00. The van der Waals surface area contributed by atoms with Crippen molar-refractivity contribution in [2.45, 2.75) is 20.3 Å². The van der Waals surface area contributed by atoms with Gasteiger partial charge in [-0.1, -0.05) is 20.3 Å². The summed E-state index contributed by atoms with van der Waals surface area (Å²) in [6, 6.07) is 0. The summed E-state index contributed by atoms with van der Waals surface area (Å²) >= 11 is 0. The van der Waals surface area contributed by atoms with Crippen LogP contribution in [0.3, 0.4) is 0 Å². The van der Waals surface area contributed by atoms with E-state index in [2.05, 4.69) is 13.8 Å². The zero-order valence-corrected chi connectivity index (χ0v) is 4.42. The van der Waals surface area contributed by atoms with Crippen LogP contribution < -0.4 is 0 Å². The highest BCUT2D eigenvalue weighted by Gasteiger charge is 2.06. The van der Waals surface area contributed by atoms with Crippen molar-refractivity contribution in [3.63, 3.8) is 0 Å². The molecule has 0 saturated carbocycles. The Hall–Kier alpha value is -0.145. The molecule has 44 valence electrons. The highest BCUT2D eigenvalue weighted by molar-refractivity contribution is 6.33. The van der Waals surface area contributed by atoms with Crippen LogP contribution in [0, 0.1) is 0 Å². The lowest BCUT2D eigenvalue weighted by Gasteiger charge is -1.55. The summed E-state index contributed by atoms with van der Waals surface area (Å²) in [4.78, 5) is 0. The molecule has 0 aromatic rings. The number of rotatable bonds is 0. The van der Waals surface area contributed by atoms with Gasteiger partial charge in [-0.15, -0.1) is 0 Å². The zero-order chi connectivity index (χ0) is 6.28. The molecule has 0 aliphatic carbocycles. The predicted octanol–water partition coefficient (Wildman–Crippen LogP) is 2.30. The van der Waals surface area contributed by atoms with Crippen LogP contribution in [0.15, 0.2) is 0 Å². The molecular formula is C3H8BF3. The van der Waals surface area contributed by atoms with Crippen LogP contribution in [0.1, 0.15) is 20.3 Å². The second-order valence-corrected chi connectivity index (χ2v) is 0.955. The van der Waals surface area contributed by atoms with Gasteiger partial charge in [0, 0.05) is 0 Å². The third-order valence-electron chi connectivity index (χ3n) is 0. The van der Waals surface area contributed by atoms with Gasteiger partial charge in [-0.2, -0.15) is 0 Å². The van der Waals surface area contributed by atoms with Crippen LogP contribution >= 0.6 is 0 Å². The molecule has 0 nitrogen and oxygen atoms in total. The molecule has 0 saturated heterocycles. The van der Waals surface area contributed by atoms with Crippen molar-refractivity contribution < 1.29 is 12.9 Å². The van der Waals surface area contributed by atoms with Crippen LogP contribution in [0.2, 0.25) is 0 Å². The molecule has 0 aromatic carbocycles. The molecule has 0 rings (SSSR count). The fourth-order valence-corrected chi connectivity index (χ4v) is 0. The van der Waals surface area contributed by atoms with Gasteiger partial charge in [-0.25, -0.2) is 0 Å². The van der Waals surface area contributed by atoms with E-state index in [1.54, 1.807) is 0 Å². The second kappa shape index (κ2) is 9.29. The highest BCUT2D eigenvalue weighted by Crippen LogP contribution is 1.80. The minimum atomic E-state index is -3.67. The van der Waals surface area contributed by atoms with Crippen LogP contribution in [-0.2, 0) is 0 Å². The maximum Gasteiger partial charge on any atom is 0.762 e. The van der Waals surface area contributed by atoms with Gasteiger partial charge in [-0.05, 0) is 0 Å². The van der Waals surface area contributed by atoms with Gasteiger partial charge in [0.25, 0.3) is 0 Å². The van der Waals surface area contributed by atoms with E-state index in [0.29, 0.717) is 0 Å². The van der Waals surface area contributed by atoms with Crippen molar-refractivity contribution in [3.05, 3.63) is 0 Å². The predicted molar refractivity (Wildman–Crippen MR) is 25.0 cm³/mol. The molecule has 0 amide bonds. The maximum absolute atomic E-state index is 9.67. The van der Waals surface area contributed by atoms with Crippen molar-refractivity contribution in [3.8, 4) is 0 Å². The average molecular weight is 112 g/mol. The van der Waals surface area contributed by atoms with E-state index in [1.807, 2.05) is 0 Å². The zero-order valence-electron chi connectivity index (χ0n) is 4.42. The molecule has 0 heterocycles. The molecule has 0 aliphatic heterocycles. The Balaban J connectivity index is 0. The summed E-state index contributed by atoms with van der Waals surface area (Å²) in [5.74, 6) is 0. The molecule has 0 aliphatic rings. The summed E-state index contributed by atoms with van der Waals surface area (Å²) in [6.07, 6.45) is 1.25. The van der Waals surface area contributed by atoms with Crippen LogP contribution in [0.5, 0.6) is 0 Å².